The van der Waals surface area contributed by atoms with Gasteiger partial charge in [-0.05, 0) is 32.1 Å². The van der Waals surface area contributed by atoms with Crippen molar-refractivity contribution < 1.29 is 4.74 Å². The van der Waals surface area contributed by atoms with Gasteiger partial charge in [-0.3, -0.25) is 4.90 Å². The molecule has 0 aromatic rings. The Bertz CT molecular complexity index is 197. The van der Waals surface area contributed by atoms with E-state index in [0.29, 0.717) is 5.54 Å². The molecule has 1 aliphatic rings. The summed E-state index contributed by atoms with van der Waals surface area (Å²) in [5.41, 5.74) is 0.326. The lowest BCUT2D eigenvalue weighted by Crippen LogP contribution is -2.50. The van der Waals surface area contributed by atoms with Crippen molar-refractivity contribution in [3.05, 3.63) is 0 Å². The summed E-state index contributed by atoms with van der Waals surface area (Å²) in [4.78, 5) is 2.59. The summed E-state index contributed by atoms with van der Waals surface area (Å²) >= 11 is 0. The van der Waals surface area contributed by atoms with Gasteiger partial charge in [0.1, 0.15) is 0 Å². The molecule has 1 saturated heterocycles. The van der Waals surface area contributed by atoms with Crippen LogP contribution < -0.4 is 0 Å². The van der Waals surface area contributed by atoms with Crippen LogP contribution >= 0.6 is 0 Å². The van der Waals surface area contributed by atoms with Gasteiger partial charge in [-0.25, -0.2) is 0 Å². The minimum absolute atomic E-state index is 0.326. The Balaban J connectivity index is 2.48. The van der Waals surface area contributed by atoms with Crippen LogP contribution in [-0.2, 0) is 4.74 Å². The van der Waals surface area contributed by atoms with E-state index in [1.165, 1.54) is 12.8 Å². The van der Waals surface area contributed by atoms with Gasteiger partial charge in [0.05, 0.1) is 13.2 Å². The topological polar surface area (TPSA) is 12.5 Å². The van der Waals surface area contributed by atoms with E-state index < -0.39 is 0 Å². The van der Waals surface area contributed by atoms with Gasteiger partial charge < -0.3 is 4.74 Å². The Labute approximate surface area is 101 Å². The van der Waals surface area contributed by atoms with Gasteiger partial charge in [0, 0.05) is 18.6 Å². The summed E-state index contributed by atoms with van der Waals surface area (Å²) in [5.74, 6) is 1.64. The van der Waals surface area contributed by atoms with Crippen molar-refractivity contribution in [1.29, 1.82) is 0 Å². The van der Waals surface area contributed by atoms with Crippen LogP contribution in [0.4, 0.5) is 0 Å². The summed E-state index contributed by atoms with van der Waals surface area (Å²) in [5, 5.41) is 0. The van der Waals surface area contributed by atoms with Crippen molar-refractivity contribution in [3.63, 3.8) is 0 Å². The average Bonchev–Trinajstić information content (AvgIpc) is 2.28. The molecule has 0 aromatic heterocycles. The van der Waals surface area contributed by atoms with Crippen LogP contribution in [0.15, 0.2) is 0 Å². The third kappa shape index (κ3) is 3.74. The van der Waals surface area contributed by atoms with E-state index in [-0.39, 0.29) is 0 Å². The molecular weight excluding hydrogens is 198 g/mol. The number of ether oxygens (including phenoxy) is 1. The molecule has 1 aliphatic heterocycles. The fraction of sp³-hybridized carbons (Fsp3) is 1.00. The lowest BCUT2D eigenvalue weighted by atomic mass is 9.82. The maximum Gasteiger partial charge on any atom is 0.0594 e. The van der Waals surface area contributed by atoms with E-state index in [9.17, 15) is 0 Å². The molecule has 2 heteroatoms. The molecule has 1 rings (SSSR count). The Morgan fingerprint density at radius 3 is 2.19 bits per heavy atom. The second kappa shape index (κ2) is 6.02. The Morgan fingerprint density at radius 1 is 1.12 bits per heavy atom. The van der Waals surface area contributed by atoms with Crippen LogP contribution in [0.2, 0.25) is 0 Å². The van der Waals surface area contributed by atoms with Crippen LogP contribution in [0, 0.1) is 11.8 Å². The molecule has 2 unspecified atom stereocenters. The maximum atomic E-state index is 5.43. The second-order valence-corrected chi connectivity index (χ2v) is 5.98. The molecule has 1 fully saturated rings. The minimum atomic E-state index is 0.326. The molecule has 0 bridgehead atoms. The quantitative estimate of drug-likeness (QED) is 0.715. The summed E-state index contributed by atoms with van der Waals surface area (Å²) in [7, 11) is 0. The van der Waals surface area contributed by atoms with Crippen LogP contribution in [0.3, 0.4) is 0 Å². The number of rotatable bonds is 5. The van der Waals surface area contributed by atoms with Crippen molar-refractivity contribution in [2.45, 2.75) is 53.0 Å². The molecule has 0 aliphatic carbocycles. The van der Waals surface area contributed by atoms with Crippen LogP contribution in [0.25, 0.3) is 0 Å². The second-order valence-electron chi connectivity index (χ2n) is 5.98. The number of morpholine rings is 1. The molecule has 0 N–H and O–H groups in total. The van der Waals surface area contributed by atoms with E-state index >= 15 is 0 Å². The molecule has 0 radical (unpaired) electrons. The zero-order valence-electron chi connectivity index (χ0n) is 11.8. The smallest absolute Gasteiger partial charge is 0.0594 e. The zero-order valence-corrected chi connectivity index (χ0v) is 11.8. The Morgan fingerprint density at radius 2 is 1.69 bits per heavy atom. The van der Waals surface area contributed by atoms with Crippen molar-refractivity contribution in [3.8, 4) is 0 Å². The number of hydrogen-bond acceptors (Lipinski definition) is 2. The summed E-state index contributed by atoms with van der Waals surface area (Å²) < 4.78 is 5.43. The van der Waals surface area contributed by atoms with Gasteiger partial charge in [0.25, 0.3) is 0 Å². The van der Waals surface area contributed by atoms with E-state index in [0.717, 1.165) is 38.1 Å². The van der Waals surface area contributed by atoms with Gasteiger partial charge in [-0.1, -0.05) is 27.2 Å². The molecule has 0 amide bonds. The monoisotopic (exact) mass is 227 g/mol. The predicted octanol–water partition coefficient (Wildman–Crippen LogP) is 3.17. The van der Waals surface area contributed by atoms with Crippen LogP contribution in [0.1, 0.15) is 47.5 Å². The molecule has 2 nitrogen and oxygen atoms in total. The zero-order chi connectivity index (χ0) is 12.2. The SMILES string of the molecule is CCC(C)C(C)CC(C)(C)N1CCOCC1. The first-order valence-electron chi connectivity index (χ1n) is 6.80. The average molecular weight is 227 g/mol. The maximum absolute atomic E-state index is 5.43. The molecule has 0 saturated carbocycles. The summed E-state index contributed by atoms with van der Waals surface area (Å²) in [6.45, 7) is 15.8. The van der Waals surface area contributed by atoms with Crippen molar-refractivity contribution in [1.82, 2.24) is 4.90 Å². The van der Waals surface area contributed by atoms with Gasteiger partial charge in [-0.2, -0.15) is 0 Å². The third-order valence-electron chi connectivity index (χ3n) is 4.30. The van der Waals surface area contributed by atoms with E-state index in [4.69, 9.17) is 4.74 Å². The molecule has 96 valence electrons. The highest BCUT2D eigenvalue weighted by Crippen LogP contribution is 2.29. The highest BCUT2D eigenvalue weighted by molar-refractivity contribution is 4.85. The van der Waals surface area contributed by atoms with Gasteiger partial charge in [0.15, 0.2) is 0 Å². The van der Waals surface area contributed by atoms with Crippen LogP contribution in [0.5, 0.6) is 0 Å². The molecule has 0 spiro atoms. The molecule has 1 heterocycles. The fourth-order valence-corrected chi connectivity index (χ4v) is 2.69. The first-order valence-corrected chi connectivity index (χ1v) is 6.80. The predicted molar refractivity (Wildman–Crippen MR) is 69.7 cm³/mol. The fourth-order valence-electron chi connectivity index (χ4n) is 2.69. The first kappa shape index (κ1) is 14.0. The molecular formula is C14H29NO. The minimum Gasteiger partial charge on any atom is -0.379 e. The van der Waals surface area contributed by atoms with E-state index in [1.54, 1.807) is 0 Å². The number of hydrogen-bond donors (Lipinski definition) is 0. The lowest BCUT2D eigenvalue weighted by molar-refractivity contribution is -0.0197. The van der Waals surface area contributed by atoms with Crippen molar-refractivity contribution in [2.24, 2.45) is 11.8 Å². The summed E-state index contributed by atoms with van der Waals surface area (Å²) in [6, 6.07) is 0. The lowest BCUT2D eigenvalue weighted by Gasteiger charge is -2.43. The number of nitrogens with zero attached hydrogens (tertiary/aromatic N) is 1. The molecule has 16 heavy (non-hydrogen) atoms. The van der Waals surface area contributed by atoms with Crippen molar-refractivity contribution >= 4 is 0 Å². The molecule has 0 aromatic carbocycles. The molecule has 2 atom stereocenters. The normalized spacial score (nSPS) is 23.1. The largest absolute Gasteiger partial charge is 0.379 e. The van der Waals surface area contributed by atoms with Gasteiger partial charge in [0.2, 0.25) is 0 Å². The first-order chi connectivity index (χ1) is 7.47. The highest BCUT2D eigenvalue weighted by Gasteiger charge is 2.30. The van der Waals surface area contributed by atoms with Gasteiger partial charge in [-0.15, -0.1) is 0 Å². The summed E-state index contributed by atoms with van der Waals surface area (Å²) in [6.07, 6.45) is 2.59. The van der Waals surface area contributed by atoms with Crippen molar-refractivity contribution in [2.75, 3.05) is 26.3 Å². The Hall–Kier alpha value is -0.0800. The van der Waals surface area contributed by atoms with E-state index in [1.807, 2.05) is 0 Å². The van der Waals surface area contributed by atoms with Crippen LogP contribution in [-0.4, -0.2) is 36.7 Å². The highest BCUT2D eigenvalue weighted by atomic mass is 16.5. The standard InChI is InChI=1S/C14H29NO/c1-6-12(2)13(3)11-14(4,5)15-7-9-16-10-8-15/h12-13H,6-11H2,1-5H3. The third-order valence-corrected chi connectivity index (χ3v) is 4.30. The Kier molecular flexibility index (Phi) is 5.26. The van der Waals surface area contributed by atoms with E-state index in [2.05, 4.69) is 39.5 Å². The van der Waals surface area contributed by atoms with Gasteiger partial charge >= 0.3 is 0 Å².